The predicted octanol–water partition coefficient (Wildman–Crippen LogP) is 3.93. The number of ether oxygens (including phenoxy) is 1. The standard InChI is InChI=1S/C19H15ClFNO4/c1-26-17(24)7-6-11-8-13(21)9-12-10-16(23)22(18(11)12)19(25)14-4-2-3-5-15(14)20/h2-5,8-10,23H,6-7H2,1H3. The van der Waals surface area contributed by atoms with Crippen LogP contribution in [-0.4, -0.2) is 28.7 Å². The lowest BCUT2D eigenvalue weighted by molar-refractivity contribution is -0.140. The van der Waals surface area contributed by atoms with Crippen LogP contribution >= 0.6 is 11.6 Å². The Balaban J connectivity index is 2.16. The number of rotatable bonds is 4. The molecule has 1 aromatic heterocycles. The van der Waals surface area contributed by atoms with Gasteiger partial charge in [-0.15, -0.1) is 0 Å². The third kappa shape index (κ3) is 3.28. The summed E-state index contributed by atoms with van der Waals surface area (Å²) in [4.78, 5) is 24.4. The number of nitrogens with zero attached hydrogens (tertiary/aromatic N) is 1. The summed E-state index contributed by atoms with van der Waals surface area (Å²) < 4.78 is 19.6. The van der Waals surface area contributed by atoms with E-state index in [4.69, 9.17) is 11.6 Å². The summed E-state index contributed by atoms with van der Waals surface area (Å²) in [5.74, 6) is -1.87. The molecule has 0 aliphatic heterocycles. The summed E-state index contributed by atoms with van der Waals surface area (Å²) >= 11 is 6.09. The van der Waals surface area contributed by atoms with Crippen LogP contribution in [0.1, 0.15) is 22.3 Å². The topological polar surface area (TPSA) is 68.5 Å². The lowest BCUT2D eigenvalue weighted by atomic mass is 10.1. The molecule has 1 heterocycles. The van der Waals surface area contributed by atoms with Crippen molar-refractivity contribution in [1.82, 2.24) is 4.57 Å². The summed E-state index contributed by atoms with van der Waals surface area (Å²) in [5.41, 5.74) is 0.939. The second-order valence-electron chi connectivity index (χ2n) is 5.70. The third-order valence-corrected chi connectivity index (χ3v) is 4.38. The van der Waals surface area contributed by atoms with E-state index >= 15 is 0 Å². The fourth-order valence-electron chi connectivity index (χ4n) is 2.87. The van der Waals surface area contributed by atoms with Gasteiger partial charge in [-0.2, -0.15) is 0 Å². The van der Waals surface area contributed by atoms with Crippen molar-refractivity contribution < 1.29 is 23.8 Å². The van der Waals surface area contributed by atoms with Crippen LogP contribution in [-0.2, 0) is 16.0 Å². The number of hydrogen-bond acceptors (Lipinski definition) is 4. The highest BCUT2D eigenvalue weighted by atomic mass is 35.5. The maximum absolute atomic E-state index is 13.9. The van der Waals surface area contributed by atoms with Crippen molar-refractivity contribution in [2.45, 2.75) is 12.8 Å². The van der Waals surface area contributed by atoms with Crippen molar-refractivity contribution in [3.8, 4) is 5.88 Å². The van der Waals surface area contributed by atoms with Gasteiger partial charge in [0.25, 0.3) is 5.91 Å². The van der Waals surface area contributed by atoms with Gasteiger partial charge in [-0.25, -0.2) is 8.96 Å². The number of benzene rings is 2. The molecule has 0 saturated carbocycles. The van der Waals surface area contributed by atoms with Gasteiger partial charge >= 0.3 is 5.97 Å². The Morgan fingerprint density at radius 1 is 1.23 bits per heavy atom. The number of aromatic nitrogens is 1. The molecule has 0 spiro atoms. The molecule has 0 aliphatic rings. The smallest absolute Gasteiger partial charge is 0.305 e. The van der Waals surface area contributed by atoms with Gasteiger partial charge in [0, 0.05) is 17.9 Å². The average Bonchev–Trinajstić information content (AvgIpc) is 2.94. The highest BCUT2D eigenvalue weighted by molar-refractivity contribution is 6.34. The molecule has 0 unspecified atom stereocenters. The minimum absolute atomic E-state index is 0.0152. The molecular weight excluding hydrogens is 361 g/mol. The van der Waals surface area contributed by atoms with Crippen molar-refractivity contribution in [3.63, 3.8) is 0 Å². The fourth-order valence-corrected chi connectivity index (χ4v) is 3.09. The van der Waals surface area contributed by atoms with Gasteiger partial charge in [0.2, 0.25) is 0 Å². The van der Waals surface area contributed by atoms with Crippen LogP contribution in [0.15, 0.2) is 42.5 Å². The van der Waals surface area contributed by atoms with Crippen LogP contribution < -0.4 is 0 Å². The maximum atomic E-state index is 13.9. The molecule has 1 N–H and O–H groups in total. The zero-order chi connectivity index (χ0) is 18.8. The van der Waals surface area contributed by atoms with Crippen LogP contribution in [0.3, 0.4) is 0 Å². The molecule has 5 nitrogen and oxygen atoms in total. The van der Waals surface area contributed by atoms with Crippen molar-refractivity contribution in [2.24, 2.45) is 0 Å². The average molecular weight is 376 g/mol. The van der Waals surface area contributed by atoms with Crippen molar-refractivity contribution >= 4 is 34.4 Å². The van der Waals surface area contributed by atoms with Crippen LogP contribution in [0, 0.1) is 5.82 Å². The van der Waals surface area contributed by atoms with E-state index < -0.39 is 17.7 Å². The summed E-state index contributed by atoms with van der Waals surface area (Å²) in [6.45, 7) is 0. The Kier molecular flexibility index (Phi) is 4.95. The van der Waals surface area contributed by atoms with E-state index in [0.29, 0.717) is 16.5 Å². The monoisotopic (exact) mass is 375 g/mol. The second kappa shape index (κ2) is 7.17. The summed E-state index contributed by atoms with van der Waals surface area (Å²) in [6.07, 6.45) is 0.168. The summed E-state index contributed by atoms with van der Waals surface area (Å²) in [7, 11) is 1.26. The second-order valence-corrected chi connectivity index (χ2v) is 6.11. The number of esters is 1. The van der Waals surface area contributed by atoms with Gasteiger partial charge in [0.1, 0.15) is 5.82 Å². The first-order chi connectivity index (χ1) is 12.4. The van der Waals surface area contributed by atoms with E-state index in [0.717, 1.165) is 4.57 Å². The number of carbonyl (C=O) groups excluding carboxylic acids is 2. The van der Waals surface area contributed by atoms with Gasteiger partial charge in [0.15, 0.2) is 5.88 Å². The Morgan fingerprint density at radius 3 is 2.65 bits per heavy atom. The van der Waals surface area contributed by atoms with Crippen LogP contribution in [0.4, 0.5) is 4.39 Å². The number of carbonyl (C=O) groups is 2. The van der Waals surface area contributed by atoms with Crippen LogP contribution in [0.2, 0.25) is 5.02 Å². The minimum Gasteiger partial charge on any atom is -0.494 e. The Bertz CT molecular complexity index is 1010. The zero-order valence-electron chi connectivity index (χ0n) is 13.8. The molecule has 0 atom stereocenters. The first-order valence-electron chi connectivity index (χ1n) is 7.81. The van der Waals surface area contributed by atoms with Gasteiger partial charge in [0.05, 0.1) is 23.2 Å². The van der Waals surface area contributed by atoms with Crippen molar-refractivity contribution in [3.05, 3.63) is 64.4 Å². The number of methoxy groups -OCH3 is 1. The van der Waals surface area contributed by atoms with Gasteiger partial charge < -0.3 is 9.84 Å². The highest BCUT2D eigenvalue weighted by Crippen LogP contribution is 2.31. The lowest BCUT2D eigenvalue weighted by Gasteiger charge is -2.11. The molecule has 0 bridgehead atoms. The zero-order valence-corrected chi connectivity index (χ0v) is 14.6. The molecule has 3 rings (SSSR count). The van der Waals surface area contributed by atoms with Crippen LogP contribution in [0.25, 0.3) is 10.9 Å². The number of hydrogen-bond donors (Lipinski definition) is 1. The quantitative estimate of drug-likeness (QED) is 0.701. The Morgan fingerprint density at radius 2 is 1.96 bits per heavy atom. The molecule has 0 amide bonds. The molecular formula is C19H15ClFNO4. The number of fused-ring (bicyclic) bond motifs is 1. The molecule has 0 saturated heterocycles. The molecule has 0 radical (unpaired) electrons. The van der Waals surface area contributed by atoms with Crippen molar-refractivity contribution in [2.75, 3.05) is 7.11 Å². The van der Waals surface area contributed by atoms with E-state index in [1.807, 2.05) is 0 Å². The molecule has 26 heavy (non-hydrogen) atoms. The molecule has 3 aromatic rings. The predicted molar refractivity (Wildman–Crippen MR) is 95.1 cm³/mol. The molecule has 134 valence electrons. The van der Waals surface area contributed by atoms with E-state index in [9.17, 15) is 19.1 Å². The molecule has 0 aliphatic carbocycles. The van der Waals surface area contributed by atoms with E-state index in [1.54, 1.807) is 18.2 Å². The van der Waals surface area contributed by atoms with E-state index in [-0.39, 0.29) is 29.3 Å². The highest BCUT2D eigenvalue weighted by Gasteiger charge is 2.21. The largest absolute Gasteiger partial charge is 0.494 e. The summed E-state index contributed by atoms with van der Waals surface area (Å²) in [6, 6.07) is 10.2. The minimum atomic E-state index is -0.547. The number of aryl methyl sites for hydroxylation is 1. The van der Waals surface area contributed by atoms with E-state index in [1.165, 1.54) is 31.4 Å². The Hall–Kier alpha value is -2.86. The van der Waals surface area contributed by atoms with Gasteiger partial charge in [-0.1, -0.05) is 23.7 Å². The lowest BCUT2D eigenvalue weighted by Crippen LogP contribution is -2.13. The first kappa shape index (κ1) is 17.9. The van der Waals surface area contributed by atoms with Crippen LogP contribution in [0.5, 0.6) is 5.88 Å². The van der Waals surface area contributed by atoms with Gasteiger partial charge in [-0.3, -0.25) is 9.59 Å². The van der Waals surface area contributed by atoms with Gasteiger partial charge in [-0.05, 0) is 36.2 Å². The first-order valence-corrected chi connectivity index (χ1v) is 8.19. The number of halogens is 2. The molecule has 2 aromatic carbocycles. The van der Waals surface area contributed by atoms with Crippen molar-refractivity contribution in [1.29, 1.82) is 0 Å². The SMILES string of the molecule is COC(=O)CCc1cc(F)cc2cc(O)n(C(=O)c3ccccc3Cl)c12. The number of aromatic hydroxyl groups is 1. The fraction of sp³-hybridized carbons (Fsp3) is 0.158. The van der Waals surface area contributed by atoms with E-state index in [2.05, 4.69) is 4.74 Å². The maximum Gasteiger partial charge on any atom is 0.305 e. The molecule has 0 fully saturated rings. The Labute approximate surface area is 153 Å². The normalized spacial score (nSPS) is 10.9. The third-order valence-electron chi connectivity index (χ3n) is 4.05. The summed E-state index contributed by atoms with van der Waals surface area (Å²) in [5, 5.41) is 10.9. The molecule has 7 heteroatoms.